The Balaban J connectivity index is 1.79. The zero-order valence-corrected chi connectivity index (χ0v) is 11.8. The van der Waals surface area contributed by atoms with E-state index in [-0.39, 0.29) is 0 Å². The molecular weight excluding hydrogens is 244 g/mol. The molecule has 1 N–H and O–H groups in total. The van der Waals surface area contributed by atoms with Crippen LogP contribution in [0.25, 0.3) is 11.1 Å². The molecule has 0 aliphatic rings. The Morgan fingerprint density at radius 2 is 2.22 bits per heavy atom. The van der Waals surface area contributed by atoms with Gasteiger partial charge in [-0.2, -0.15) is 0 Å². The van der Waals surface area contributed by atoms with Crippen LogP contribution in [0.5, 0.6) is 0 Å². The van der Waals surface area contributed by atoms with Crippen molar-refractivity contribution < 1.29 is 4.42 Å². The van der Waals surface area contributed by atoms with Gasteiger partial charge in [0.1, 0.15) is 5.52 Å². The highest BCUT2D eigenvalue weighted by atomic mass is 32.2. The zero-order valence-electron chi connectivity index (χ0n) is 11.0. The van der Waals surface area contributed by atoms with Crippen LogP contribution in [0.1, 0.15) is 26.7 Å². The van der Waals surface area contributed by atoms with Crippen molar-refractivity contribution >= 4 is 22.9 Å². The van der Waals surface area contributed by atoms with E-state index in [1.165, 1.54) is 6.42 Å². The van der Waals surface area contributed by atoms with Gasteiger partial charge in [0.05, 0.1) is 0 Å². The summed E-state index contributed by atoms with van der Waals surface area (Å²) in [4.78, 5) is 4.45. The molecule has 1 heterocycles. The molecule has 0 spiro atoms. The van der Waals surface area contributed by atoms with Crippen LogP contribution in [0.2, 0.25) is 0 Å². The molecule has 0 aliphatic carbocycles. The lowest BCUT2D eigenvalue weighted by molar-refractivity contribution is 0.487. The van der Waals surface area contributed by atoms with Crippen molar-refractivity contribution in [3.63, 3.8) is 0 Å². The number of nitrogens with zero attached hydrogens (tertiary/aromatic N) is 1. The average molecular weight is 264 g/mol. The summed E-state index contributed by atoms with van der Waals surface area (Å²) in [5.74, 6) is 1.03. The topological polar surface area (TPSA) is 38.1 Å². The number of aromatic nitrogens is 1. The molecule has 1 aromatic heterocycles. The van der Waals surface area contributed by atoms with Gasteiger partial charge >= 0.3 is 0 Å². The Morgan fingerprint density at radius 3 is 3.00 bits per heavy atom. The maximum atomic E-state index is 5.66. The Labute approximate surface area is 112 Å². The normalized spacial score (nSPS) is 13.0. The first-order chi connectivity index (χ1) is 8.79. The molecule has 0 fully saturated rings. The molecule has 0 amide bonds. The fourth-order valence-electron chi connectivity index (χ4n) is 1.73. The summed E-state index contributed by atoms with van der Waals surface area (Å²) in [5.41, 5.74) is 1.81. The minimum Gasteiger partial charge on any atom is -0.431 e. The first-order valence-corrected chi connectivity index (χ1v) is 7.50. The summed E-state index contributed by atoms with van der Waals surface area (Å²) in [6.07, 6.45) is 2.31. The Kier molecular flexibility index (Phi) is 5.08. The van der Waals surface area contributed by atoms with Crippen molar-refractivity contribution in [2.45, 2.75) is 38.0 Å². The van der Waals surface area contributed by atoms with Crippen LogP contribution < -0.4 is 5.32 Å². The minimum atomic E-state index is 0.557. The first kappa shape index (κ1) is 13.4. The van der Waals surface area contributed by atoms with Crippen molar-refractivity contribution in [1.82, 2.24) is 10.3 Å². The smallest absolute Gasteiger partial charge is 0.256 e. The van der Waals surface area contributed by atoms with E-state index < -0.39 is 0 Å². The fraction of sp³-hybridized carbons (Fsp3) is 0.500. The molecule has 0 saturated heterocycles. The molecule has 0 bridgehead atoms. The van der Waals surface area contributed by atoms with Gasteiger partial charge in [-0.25, -0.2) is 4.98 Å². The largest absolute Gasteiger partial charge is 0.431 e. The highest BCUT2D eigenvalue weighted by molar-refractivity contribution is 7.99. The number of para-hydroxylation sites is 2. The fourth-order valence-corrected chi connectivity index (χ4v) is 2.69. The highest BCUT2D eigenvalue weighted by Gasteiger charge is 2.06. The van der Waals surface area contributed by atoms with Gasteiger partial charge in [-0.15, -0.1) is 0 Å². The standard InChI is InChI=1S/C14H20N2OS/c1-3-9-15-11(2)8-10-18-14-16-12-6-4-5-7-13(12)17-14/h4-7,11,15H,3,8-10H2,1-2H3. The lowest BCUT2D eigenvalue weighted by Crippen LogP contribution is -2.27. The molecule has 0 aliphatic heterocycles. The van der Waals surface area contributed by atoms with Gasteiger partial charge in [0.25, 0.3) is 5.22 Å². The molecule has 4 heteroatoms. The Hall–Kier alpha value is -1.00. The van der Waals surface area contributed by atoms with E-state index >= 15 is 0 Å². The van der Waals surface area contributed by atoms with Gasteiger partial charge in [-0.1, -0.05) is 30.8 Å². The predicted molar refractivity (Wildman–Crippen MR) is 77.1 cm³/mol. The SMILES string of the molecule is CCCNC(C)CCSc1nc2ccccc2o1. The van der Waals surface area contributed by atoms with Crippen LogP contribution in [-0.4, -0.2) is 23.3 Å². The summed E-state index contributed by atoms with van der Waals surface area (Å²) >= 11 is 1.69. The van der Waals surface area contributed by atoms with Gasteiger partial charge in [-0.05, 0) is 38.4 Å². The van der Waals surface area contributed by atoms with Crippen molar-refractivity contribution in [1.29, 1.82) is 0 Å². The monoisotopic (exact) mass is 264 g/mol. The van der Waals surface area contributed by atoms with Gasteiger partial charge in [0.15, 0.2) is 5.58 Å². The zero-order chi connectivity index (χ0) is 12.8. The van der Waals surface area contributed by atoms with Crippen molar-refractivity contribution in [2.75, 3.05) is 12.3 Å². The van der Waals surface area contributed by atoms with Gasteiger partial charge in [0, 0.05) is 11.8 Å². The molecule has 0 saturated carbocycles. The Bertz CT molecular complexity index is 450. The number of hydrogen-bond acceptors (Lipinski definition) is 4. The minimum absolute atomic E-state index is 0.557. The molecule has 0 radical (unpaired) electrons. The molecule has 1 atom stereocenters. The number of benzene rings is 1. The second-order valence-electron chi connectivity index (χ2n) is 4.44. The van der Waals surface area contributed by atoms with E-state index in [1.807, 2.05) is 24.3 Å². The number of hydrogen-bond donors (Lipinski definition) is 1. The summed E-state index contributed by atoms with van der Waals surface area (Å²) in [5, 5.41) is 4.26. The van der Waals surface area contributed by atoms with E-state index in [0.717, 1.165) is 35.0 Å². The van der Waals surface area contributed by atoms with Crippen LogP contribution >= 0.6 is 11.8 Å². The van der Waals surface area contributed by atoms with Crippen molar-refractivity contribution in [3.8, 4) is 0 Å². The van der Waals surface area contributed by atoms with Crippen LogP contribution in [0.3, 0.4) is 0 Å². The van der Waals surface area contributed by atoms with Crippen LogP contribution in [0, 0.1) is 0 Å². The molecule has 98 valence electrons. The summed E-state index contributed by atoms with van der Waals surface area (Å²) < 4.78 is 5.66. The molecule has 3 nitrogen and oxygen atoms in total. The summed E-state index contributed by atoms with van der Waals surface area (Å²) in [6, 6.07) is 8.45. The number of oxazole rings is 1. The number of rotatable bonds is 7. The molecular formula is C14H20N2OS. The molecule has 1 unspecified atom stereocenters. The van der Waals surface area contributed by atoms with E-state index in [4.69, 9.17) is 4.42 Å². The Morgan fingerprint density at radius 1 is 1.39 bits per heavy atom. The summed E-state index contributed by atoms with van der Waals surface area (Å²) in [6.45, 7) is 5.50. The third-order valence-electron chi connectivity index (χ3n) is 2.79. The van der Waals surface area contributed by atoms with Crippen molar-refractivity contribution in [3.05, 3.63) is 24.3 Å². The maximum absolute atomic E-state index is 5.66. The van der Waals surface area contributed by atoms with E-state index in [2.05, 4.69) is 24.1 Å². The number of fused-ring (bicyclic) bond motifs is 1. The van der Waals surface area contributed by atoms with Crippen LogP contribution in [-0.2, 0) is 0 Å². The molecule has 18 heavy (non-hydrogen) atoms. The van der Waals surface area contributed by atoms with Crippen LogP contribution in [0.4, 0.5) is 0 Å². The van der Waals surface area contributed by atoms with E-state index in [0.29, 0.717) is 6.04 Å². The highest BCUT2D eigenvalue weighted by Crippen LogP contribution is 2.23. The second-order valence-corrected chi connectivity index (χ2v) is 5.49. The van der Waals surface area contributed by atoms with Gasteiger partial charge in [-0.3, -0.25) is 0 Å². The van der Waals surface area contributed by atoms with Crippen molar-refractivity contribution in [2.24, 2.45) is 0 Å². The third-order valence-corrected chi connectivity index (χ3v) is 3.65. The van der Waals surface area contributed by atoms with E-state index in [1.54, 1.807) is 11.8 Å². The lowest BCUT2D eigenvalue weighted by Gasteiger charge is -2.11. The molecule has 2 rings (SSSR count). The summed E-state index contributed by atoms with van der Waals surface area (Å²) in [7, 11) is 0. The maximum Gasteiger partial charge on any atom is 0.256 e. The van der Waals surface area contributed by atoms with Crippen LogP contribution in [0.15, 0.2) is 33.9 Å². The predicted octanol–water partition coefficient (Wildman–Crippen LogP) is 3.70. The number of thioether (sulfide) groups is 1. The number of nitrogens with one attached hydrogen (secondary N) is 1. The van der Waals surface area contributed by atoms with Gasteiger partial charge < -0.3 is 9.73 Å². The average Bonchev–Trinajstić information content (AvgIpc) is 2.79. The third kappa shape index (κ3) is 3.75. The van der Waals surface area contributed by atoms with Gasteiger partial charge in [0.2, 0.25) is 0 Å². The molecule has 1 aromatic carbocycles. The lowest BCUT2D eigenvalue weighted by atomic mass is 10.2. The van der Waals surface area contributed by atoms with E-state index in [9.17, 15) is 0 Å². The quantitative estimate of drug-likeness (QED) is 0.774. The molecule has 2 aromatic rings. The first-order valence-electron chi connectivity index (χ1n) is 6.51. The second kappa shape index (κ2) is 6.81.